The van der Waals surface area contributed by atoms with Gasteiger partial charge in [0.2, 0.25) is 5.95 Å². The van der Waals surface area contributed by atoms with Crippen molar-refractivity contribution in [3.8, 4) is 0 Å². The van der Waals surface area contributed by atoms with Gasteiger partial charge < -0.3 is 10.6 Å². The molecule has 0 unspecified atom stereocenters. The summed E-state index contributed by atoms with van der Waals surface area (Å²) >= 11 is 0. The summed E-state index contributed by atoms with van der Waals surface area (Å²) < 4.78 is 0. The molecule has 114 valence electrons. The van der Waals surface area contributed by atoms with Gasteiger partial charge in [-0.2, -0.15) is 0 Å². The van der Waals surface area contributed by atoms with Gasteiger partial charge in [0.25, 0.3) is 5.91 Å². The van der Waals surface area contributed by atoms with Crippen molar-refractivity contribution in [1.29, 1.82) is 0 Å². The normalized spacial score (nSPS) is 10.4. The summed E-state index contributed by atoms with van der Waals surface area (Å²) in [5.41, 5.74) is 1.45. The maximum absolute atomic E-state index is 12.1. The Hall–Kier alpha value is -2.76. The average Bonchev–Trinajstić information content (AvgIpc) is 2.47. The second kappa shape index (κ2) is 6.80. The van der Waals surface area contributed by atoms with Crippen LogP contribution in [0.3, 0.4) is 0 Å². The Morgan fingerprint density at radius 3 is 2.36 bits per heavy atom. The number of ketones is 1. The van der Waals surface area contributed by atoms with Crippen LogP contribution in [0.4, 0.5) is 11.6 Å². The van der Waals surface area contributed by atoms with E-state index >= 15 is 0 Å². The highest BCUT2D eigenvalue weighted by Crippen LogP contribution is 2.13. The molecule has 0 saturated carbocycles. The van der Waals surface area contributed by atoms with Crippen molar-refractivity contribution in [1.82, 2.24) is 9.97 Å². The smallest absolute Gasteiger partial charge is 0.258 e. The summed E-state index contributed by atoms with van der Waals surface area (Å²) in [6.07, 6.45) is 2.92. The molecule has 0 spiro atoms. The fraction of sp³-hybridized carbons (Fsp3) is 0.250. The van der Waals surface area contributed by atoms with E-state index in [-0.39, 0.29) is 17.7 Å². The number of hydrogen-bond acceptors (Lipinski definition) is 5. The Morgan fingerprint density at radius 1 is 1.09 bits per heavy atom. The van der Waals surface area contributed by atoms with Crippen molar-refractivity contribution in [2.75, 3.05) is 10.6 Å². The van der Waals surface area contributed by atoms with Crippen LogP contribution in [0.1, 0.15) is 41.5 Å². The number of carbonyl (C=O) groups is 2. The molecule has 0 radical (unpaired) electrons. The van der Waals surface area contributed by atoms with Crippen LogP contribution in [0.2, 0.25) is 0 Å². The molecule has 6 nitrogen and oxygen atoms in total. The second-order valence-corrected chi connectivity index (χ2v) is 5.19. The molecule has 2 N–H and O–H groups in total. The lowest BCUT2D eigenvalue weighted by Crippen LogP contribution is -2.15. The van der Waals surface area contributed by atoms with Gasteiger partial charge in [0.15, 0.2) is 5.78 Å². The first-order chi connectivity index (χ1) is 10.5. The number of nitrogens with zero attached hydrogens (tertiary/aromatic N) is 2. The minimum Gasteiger partial charge on any atom is -0.352 e. The molecule has 0 atom stereocenters. The Labute approximate surface area is 129 Å². The molecule has 1 amide bonds. The molecule has 22 heavy (non-hydrogen) atoms. The largest absolute Gasteiger partial charge is 0.352 e. The van der Waals surface area contributed by atoms with Gasteiger partial charge >= 0.3 is 0 Å². The molecule has 0 saturated heterocycles. The van der Waals surface area contributed by atoms with E-state index in [1.165, 1.54) is 19.3 Å². The summed E-state index contributed by atoms with van der Waals surface area (Å²) in [5, 5.41) is 5.77. The molecule has 0 aliphatic carbocycles. The molecule has 0 aliphatic heterocycles. The van der Waals surface area contributed by atoms with Crippen molar-refractivity contribution < 1.29 is 9.59 Å². The number of benzene rings is 1. The SMILES string of the molecule is CC(=O)c1cccc(NC(=O)c2cnc(NC(C)C)nc2)c1. The van der Waals surface area contributed by atoms with Crippen molar-refractivity contribution in [3.63, 3.8) is 0 Å². The van der Waals surface area contributed by atoms with E-state index in [4.69, 9.17) is 0 Å². The quantitative estimate of drug-likeness (QED) is 0.829. The van der Waals surface area contributed by atoms with Crippen LogP contribution in [-0.4, -0.2) is 27.7 Å². The average molecular weight is 298 g/mol. The zero-order valence-electron chi connectivity index (χ0n) is 12.8. The predicted octanol–water partition coefficient (Wildman–Crippen LogP) is 2.75. The Balaban J connectivity index is 2.08. The van der Waals surface area contributed by atoms with Crippen LogP contribution in [-0.2, 0) is 0 Å². The maximum Gasteiger partial charge on any atom is 0.258 e. The van der Waals surface area contributed by atoms with Gasteiger partial charge in [-0.15, -0.1) is 0 Å². The van der Waals surface area contributed by atoms with Crippen molar-refractivity contribution >= 4 is 23.3 Å². The standard InChI is InChI=1S/C16H18N4O2/c1-10(2)19-16-17-8-13(9-18-16)15(22)20-14-6-4-5-12(7-14)11(3)21/h4-10H,1-3H3,(H,20,22)(H,17,18,19). The van der Waals surface area contributed by atoms with Crippen molar-refractivity contribution in [2.24, 2.45) is 0 Å². The molecule has 2 aromatic rings. The highest BCUT2D eigenvalue weighted by Gasteiger charge is 2.09. The van der Waals surface area contributed by atoms with Crippen molar-refractivity contribution in [2.45, 2.75) is 26.8 Å². The Morgan fingerprint density at radius 2 is 1.77 bits per heavy atom. The van der Waals surface area contributed by atoms with Crippen LogP contribution in [0, 0.1) is 0 Å². The summed E-state index contributed by atoms with van der Waals surface area (Å²) in [6.45, 7) is 5.44. The van der Waals surface area contributed by atoms with E-state index in [9.17, 15) is 9.59 Å². The second-order valence-electron chi connectivity index (χ2n) is 5.19. The van der Waals surface area contributed by atoms with Crippen LogP contribution < -0.4 is 10.6 Å². The number of carbonyl (C=O) groups excluding carboxylic acids is 2. The lowest BCUT2D eigenvalue weighted by molar-refractivity contribution is 0.101. The summed E-state index contributed by atoms with van der Waals surface area (Å²) in [6, 6.07) is 7.00. The molecular formula is C16H18N4O2. The number of amides is 1. The number of aromatic nitrogens is 2. The van der Waals surface area contributed by atoms with E-state index in [0.717, 1.165) is 0 Å². The minimum atomic E-state index is -0.322. The predicted molar refractivity (Wildman–Crippen MR) is 85.2 cm³/mol. The van der Waals surface area contributed by atoms with E-state index in [1.807, 2.05) is 13.8 Å². The van der Waals surface area contributed by atoms with Gasteiger partial charge in [0.05, 0.1) is 5.56 Å². The summed E-state index contributed by atoms with van der Waals surface area (Å²) in [7, 11) is 0. The van der Waals surface area contributed by atoms with E-state index < -0.39 is 0 Å². The van der Waals surface area contributed by atoms with Crippen LogP contribution in [0.25, 0.3) is 0 Å². The maximum atomic E-state index is 12.1. The molecule has 6 heteroatoms. The molecule has 0 bridgehead atoms. The first kappa shape index (κ1) is 15.6. The fourth-order valence-corrected chi connectivity index (χ4v) is 1.80. The van der Waals surface area contributed by atoms with Crippen molar-refractivity contribution in [3.05, 3.63) is 47.8 Å². The Bertz CT molecular complexity index is 681. The fourth-order valence-electron chi connectivity index (χ4n) is 1.80. The van der Waals surface area contributed by atoms with Gasteiger partial charge in [-0.25, -0.2) is 9.97 Å². The molecule has 0 aliphatic rings. The molecule has 1 aromatic carbocycles. The van der Waals surface area contributed by atoms with E-state index in [0.29, 0.717) is 22.8 Å². The summed E-state index contributed by atoms with van der Waals surface area (Å²) in [5.74, 6) is 0.102. The minimum absolute atomic E-state index is 0.0523. The number of nitrogens with one attached hydrogen (secondary N) is 2. The molecular weight excluding hydrogens is 280 g/mol. The van der Waals surface area contributed by atoms with E-state index in [1.54, 1.807) is 24.3 Å². The first-order valence-corrected chi connectivity index (χ1v) is 6.96. The Kier molecular flexibility index (Phi) is 4.83. The van der Waals surface area contributed by atoms with Gasteiger partial charge in [-0.05, 0) is 32.9 Å². The van der Waals surface area contributed by atoms with E-state index in [2.05, 4.69) is 20.6 Å². The van der Waals surface area contributed by atoms with Crippen LogP contribution in [0.15, 0.2) is 36.7 Å². The first-order valence-electron chi connectivity index (χ1n) is 6.96. The zero-order valence-corrected chi connectivity index (χ0v) is 12.8. The number of anilines is 2. The van der Waals surface area contributed by atoms with Gasteiger partial charge in [-0.3, -0.25) is 9.59 Å². The lowest BCUT2D eigenvalue weighted by atomic mass is 10.1. The number of hydrogen-bond donors (Lipinski definition) is 2. The molecule has 0 fully saturated rings. The van der Waals surface area contributed by atoms with Crippen LogP contribution in [0.5, 0.6) is 0 Å². The number of rotatable bonds is 5. The third kappa shape index (κ3) is 4.12. The summed E-state index contributed by atoms with van der Waals surface area (Å²) in [4.78, 5) is 31.7. The van der Waals surface area contributed by atoms with Gasteiger partial charge in [0.1, 0.15) is 0 Å². The monoisotopic (exact) mass is 298 g/mol. The van der Waals surface area contributed by atoms with Gasteiger partial charge in [-0.1, -0.05) is 12.1 Å². The highest BCUT2D eigenvalue weighted by atomic mass is 16.1. The van der Waals surface area contributed by atoms with Gasteiger partial charge in [0, 0.05) is 29.7 Å². The third-order valence-electron chi connectivity index (χ3n) is 2.86. The topological polar surface area (TPSA) is 84.0 Å². The van der Waals surface area contributed by atoms with Crippen LogP contribution >= 0.6 is 0 Å². The molecule has 2 rings (SSSR count). The molecule has 1 heterocycles. The number of Topliss-reactive ketones (excluding diaryl/α,β-unsaturated/α-hetero) is 1. The molecule has 1 aromatic heterocycles. The third-order valence-corrected chi connectivity index (χ3v) is 2.86. The lowest BCUT2D eigenvalue weighted by Gasteiger charge is -2.09. The zero-order chi connectivity index (χ0) is 16.1. The highest BCUT2D eigenvalue weighted by molar-refractivity contribution is 6.04.